The lowest BCUT2D eigenvalue weighted by molar-refractivity contribution is -0.0150. The number of nitrogens with one attached hydrogen (secondary N) is 1. The van der Waals surface area contributed by atoms with Gasteiger partial charge >= 0.3 is 0 Å². The third-order valence-corrected chi connectivity index (χ3v) is 5.09. The van der Waals surface area contributed by atoms with Crippen LogP contribution in [0, 0.1) is 0 Å². The smallest absolute Gasteiger partial charge is 0.0707 e. The number of hydrogen-bond acceptors (Lipinski definition) is 3. The maximum atomic E-state index is 6.01. The van der Waals surface area contributed by atoms with Gasteiger partial charge in [-0.15, -0.1) is 0 Å². The van der Waals surface area contributed by atoms with Gasteiger partial charge in [-0.1, -0.05) is 6.42 Å². The van der Waals surface area contributed by atoms with Crippen LogP contribution in [0.1, 0.15) is 46.0 Å². The third-order valence-electron chi connectivity index (χ3n) is 3.92. The van der Waals surface area contributed by atoms with Crippen molar-refractivity contribution < 1.29 is 4.74 Å². The quantitative estimate of drug-likeness (QED) is 0.820. The van der Waals surface area contributed by atoms with Gasteiger partial charge in [0.2, 0.25) is 0 Å². The molecule has 0 aromatic carbocycles. The van der Waals surface area contributed by atoms with Crippen LogP contribution in [0.4, 0.5) is 0 Å². The van der Waals surface area contributed by atoms with Crippen molar-refractivity contribution in [2.45, 2.75) is 68.9 Å². The average molecular weight is 243 g/mol. The van der Waals surface area contributed by atoms with Crippen LogP contribution in [0.2, 0.25) is 0 Å². The molecule has 3 atom stereocenters. The Morgan fingerprint density at radius 2 is 2.12 bits per heavy atom. The summed E-state index contributed by atoms with van der Waals surface area (Å²) < 4.78 is 6.01. The molecule has 1 aliphatic carbocycles. The van der Waals surface area contributed by atoms with E-state index in [-0.39, 0.29) is 5.60 Å². The standard InChI is InChI=1S/C13H25NOS/c1-13(2)8-7-10(15-13)9-14-11-5-4-6-12(11)16-3/h10-12,14H,4-9H2,1-3H3. The van der Waals surface area contributed by atoms with E-state index < -0.39 is 0 Å². The summed E-state index contributed by atoms with van der Waals surface area (Å²) in [6.07, 6.45) is 9.22. The lowest BCUT2D eigenvalue weighted by atomic mass is 10.1. The van der Waals surface area contributed by atoms with E-state index in [1.54, 1.807) is 0 Å². The van der Waals surface area contributed by atoms with Crippen LogP contribution in [-0.4, -0.2) is 35.8 Å². The molecule has 1 heterocycles. The fourth-order valence-electron chi connectivity index (χ4n) is 2.95. The highest BCUT2D eigenvalue weighted by molar-refractivity contribution is 7.99. The van der Waals surface area contributed by atoms with Crippen LogP contribution in [0.3, 0.4) is 0 Å². The first-order valence-corrected chi connectivity index (χ1v) is 7.83. The zero-order chi connectivity index (χ0) is 11.6. The fraction of sp³-hybridized carbons (Fsp3) is 1.00. The van der Waals surface area contributed by atoms with Gasteiger partial charge in [0.25, 0.3) is 0 Å². The van der Waals surface area contributed by atoms with Gasteiger partial charge in [-0.3, -0.25) is 0 Å². The highest BCUT2D eigenvalue weighted by Crippen LogP contribution is 2.31. The molecular formula is C13H25NOS. The second kappa shape index (κ2) is 5.28. The largest absolute Gasteiger partial charge is 0.371 e. The molecule has 2 aliphatic rings. The Balaban J connectivity index is 1.71. The van der Waals surface area contributed by atoms with Gasteiger partial charge in [-0.25, -0.2) is 0 Å². The van der Waals surface area contributed by atoms with Crippen LogP contribution in [-0.2, 0) is 4.74 Å². The van der Waals surface area contributed by atoms with Gasteiger partial charge < -0.3 is 10.1 Å². The van der Waals surface area contributed by atoms with Gasteiger partial charge in [-0.05, 0) is 45.8 Å². The van der Waals surface area contributed by atoms with Crippen LogP contribution in [0.25, 0.3) is 0 Å². The Labute approximate surface area is 104 Å². The molecule has 0 amide bonds. The first-order chi connectivity index (χ1) is 7.61. The van der Waals surface area contributed by atoms with Crippen molar-refractivity contribution >= 4 is 11.8 Å². The monoisotopic (exact) mass is 243 g/mol. The summed E-state index contributed by atoms with van der Waals surface area (Å²) in [7, 11) is 0. The maximum absolute atomic E-state index is 6.01. The lowest BCUT2D eigenvalue weighted by Gasteiger charge is -2.23. The average Bonchev–Trinajstić information content (AvgIpc) is 2.81. The molecule has 94 valence electrons. The number of ether oxygens (including phenoxy) is 1. The molecule has 0 radical (unpaired) electrons. The van der Waals surface area contributed by atoms with Crippen molar-refractivity contribution in [3.05, 3.63) is 0 Å². The van der Waals surface area contributed by atoms with Crippen molar-refractivity contribution in [3.8, 4) is 0 Å². The Morgan fingerprint density at radius 3 is 2.75 bits per heavy atom. The molecule has 3 unspecified atom stereocenters. The lowest BCUT2D eigenvalue weighted by Crippen LogP contribution is -2.39. The summed E-state index contributed by atoms with van der Waals surface area (Å²) in [6, 6.07) is 0.724. The first kappa shape index (κ1) is 12.7. The van der Waals surface area contributed by atoms with Crippen LogP contribution in [0.5, 0.6) is 0 Å². The fourth-order valence-corrected chi connectivity index (χ4v) is 3.91. The third kappa shape index (κ3) is 3.14. The van der Waals surface area contributed by atoms with Crippen molar-refractivity contribution in [2.75, 3.05) is 12.8 Å². The van der Waals surface area contributed by atoms with E-state index in [0.717, 1.165) is 17.8 Å². The van der Waals surface area contributed by atoms with Gasteiger partial charge in [0.1, 0.15) is 0 Å². The molecule has 0 spiro atoms. The topological polar surface area (TPSA) is 21.3 Å². The number of rotatable bonds is 4. The minimum atomic E-state index is 0.112. The van der Waals surface area contributed by atoms with E-state index in [4.69, 9.17) is 4.74 Å². The van der Waals surface area contributed by atoms with Crippen molar-refractivity contribution in [1.82, 2.24) is 5.32 Å². The SMILES string of the molecule is CSC1CCCC1NCC1CCC(C)(C)O1. The van der Waals surface area contributed by atoms with Gasteiger partial charge in [0, 0.05) is 17.8 Å². The van der Waals surface area contributed by atoms with Crippen molar-refractivity contribution in [3.63, 3.8) is 0 Å². The van der Waals surface area contributed by atoms with Gasteiger partial charge in [0.15, 0.2) is 0 Å². The van der Waals surface area contributed by atoms with E-state index in [1.807, 2.05) is 11.8 Å². The molecule has 2 rings (SSSR count). The Kier molecular flexibility index (Phi) is 4.20. The van der Waals surface area contributed by atoms with E-state index >= 15 is 0 Å². The predicted molar refractivity (Wildman–Crippen MR) is 71.1 cm³/mol. The number of hydrogen-bond donors (Lipinski definition) is 1. The Bertz CT molecular complexity index is 232. The molecule has 0 bridgehead atoms. The second-order valence-corrected chi connectivity index (χ2v) is 6.83. The molecule has 1 N–H and O–H groups in total. The predicted octanol–water partition coefficient (Wildman–Crippen LogP) is 2.82. The molecule has 1 saturated heterocycles. The molecule has 0 aromatic rings. The Hall–Kier alpha value is 0.270. The van der Waals surface area contributed by atoms with Gasteiger partial charge in [-0.2, -0.15) is 11.8 Å². The minimum Gasteiger partial charge on any atom is -0.371 e. The molecule has 16 heavy (non-hydrogen) atoms. The Morgan fingerprint density at radius 1 is 1.31 bits per heavy atom. The maximum Gasteiger partial charge on any atom is 0.0707 e. The summed E-state index contributed by atoms with van der Waals surface area (Å²) in [6.45, 7) is 5.45. The van der Waals surface area contributed by atoms with Crippen molar-refractivity contribution in [1.29, 1.82) is 0 Å². The summed E-state index contributed by atoms with van der Waals surface area (Å²) in [5.74, 6) is 0. The summed E-state index contributed by atoms with van der Waals surface area (Å²) in [5, 5.41) is 4.54. The highest BCUT2D eigenvalue weighted by atomic mass is 32.2. The number of thioether (sulfide) groups is 1. The van der Waals surface area contributed by atoms with E-state index in [9.17, 15) is 0 Å². The van der Waals surface area contributed by atoms with Crippen LogP contribution in [0.15, 0.2) is 0 Å². The molecule has 1 saturated carbocycles. The molecule has 2 fully saturated rings. The van der Waals surface area contributed by atoms with E-state index in [0.29, 0.717) is 6.10 Å². The minimum absolute atomic E-state index is 0.112. The molecule has 0 aromatic heterocycles. The summed E-state index contributed by atoms with van der Waals surface area (Å²) in [4.78, 5) is 0. The molecular weight excluding hydrogens is 218 g/mol. The molecule has 2 nitrogen and oxygen atoms in total. The van der Waals surface area contributed by atoms with Crippen LogP contribution < -0.4 is 5.32 Å². The molecule has 3 heteroatoms. The second-order valence-electron chi connectivity index (χ2n) is 5.76. The molecule has 1 aliphatic heterocycles. The van der Waals surface area contributed by atoms with Crippen molar-refractivity contribution in [2.24, 2.45) is 0 Å². The van der Waals surface area contributed by atoms with E-state index in [2.05, 4.69) is 25.4 Å². The highest BCUT2D eigenvalue weighted by Gasteiger charge is 2.33. The summed E-state index contributed by atoms with van der Waals surface area (Å²) in [5.41, 5.74) is 0.112. The van der Waals surface area contributed by atoms with E-state index in [1.165, 1.54) is 32.1 Å². The van der Waals surface area contributed by atoms with Crippen LogP contribution >= 0.6 is 11.8 Å². The first-order valence-electron chi connectivity index (χ1n) is 6.55. The zero-order valence-corrected chi connectivity index (χ0v) is 11.6. The summed E-state index contributed by atoms with van der Waals surface area (Å²) >= 11 is 2.02. The normalized spacial score (nSPS) is 38.1. The zero-order valence-electron chi connectivity index (χ0n) is 10.8. The van der Waals surface area contributed by atoms with Gasteiger partial charge in [0.05, 0.1) is 11.7 Å².